The van der Waals surface area contributed by atoms with Gasteiger partial charge < -0.3 is 15.4 Å². The highest BCUT2D eigenvalue weighted by Gasteiger charge is 2.43. The standard InChI is InChI=1S/C28H32N4O5/c1-18(15-25(33)32-36)26(34)28(11-13-29-14-12-28)31-27(35)20-7-9-22(10-8-20)37-17-21-16-19(2)30-24-6-4-3-5-23(21)24/h3-10,16,18,29,36H,11-15,17H2,1-2H3,(H,31,35)(H,32,33). The summed E-state index contributed by atoms with van der Waals surface area (Å²) in [6, 6.07) is 16.7. The van der Waals surface area contributed by atoms with Crippen molar-refractivity contribution in [1.82, 2.24) is 21.1 Å². The van der Waals surface area contributed by atoms with Crippen molar-refractivity contribution in [2.75, 3.05) is 13.1 Å². The number of para-hydroxylation sites is 1. The highest BCUT2D eigenvalue weighted by Crippen LogP contribution is 2.26. The van der Waals surface area contributed by atoms with E-state index in [-0.39, 0.29) is 18.1 Å². The molecule has 0 radical (unpaired) electrons. The lowest BCUT2D eigenvalue weighted by Gasteiger charge is -2.38. The number of carbonyl (C=O) groups excluding carboxylic acids is 3. The first-order valence-corrected chi connectivity index (χ1v) is 12.4. The lowest BCUT2D eigenvalue weighted by atomic mass is 9.78. The number of aryl methyl sites for hydroxylation is 1. The summed E-state index contributed by atoms with van der Waals surface area (Å²) in [6.45, 7) is 5.08. The number of piperidine rings is 1. The van der Waals surface area contributed by atoms with E-state index in [2.05, 4.69) is 15.6 Å². The average molecular weight is 505 g/mol. The Morgan fingerprint density at radius 2 is 1.81 bits per heavy atom. The maximum Gasteiger partial charge on any atom is 0.252 e. The van der Waals surface area contributed by atoms with Crippen LogP contribution in [0.15, 0.2) is 54.6 Å². The molecule has 1 aliphatic heterocycles. The Kier molecular flexibility index (Phi) is 8.15. The second kappa shape index (κ2) is 11.5. The summed E-state index contributed by atoms with van der Waals surface area (Å²) in [4.78, 5) is 42.6. The maximum atomic E-state index is 13.3. The zero-order valence-electron chi connectivity index (χ0n) is 21.0. The minimum atomic E-state index is -1.08. The molecule has 1 atom stereocenters. The largest absolute Gasteiger partial charge is 0.489 e. The highest BCUT2D eigenvalue weighted by molar-refractivity contribution is 6.01. The van der Waals surface area contributed by atoms with Gasteiger partial charge in [0.2, 0.25) is 5.91 Å². The fraction of sp³-hybridized carbons (Fsp3) is 0.357. The van der Waals surface area contributed by atoms with E-state index in [0.717, 1.165) is 22.2 Å². The van der Waals surface area contributed by atoms with Gasteiger partial charge in [0.05, 0.1) is 5.52 Å². The van der Waals surface area contributed by atoms with E-state index < -0.39 is 17.4 Å². The van der Waals surface area contributed by atoms with Crippen LogP contribution in [0, 0.1) is 12.8 Å². The van der Waals surface area contributed by atoms with Gasteiger partial charge in [0.15, 0.2) is 5.78 Å². The van der Waals surface area contributed by atoms with Gasteiger partial charge in [-0.25, -0.2) is 5.48 Å². The molecule has 0 aliphatic carbocycles. The molecule has 194 valence electrons. The monoisotopic (exact) mass is 504 g/mol. The SMILES string of the molecule is Cc1cc(COc2ccc(C(=O)NC3(C(=O)C(C)CC(=O)NO)CCNCC3)cc2)c2ccccc2n1. The Morgan fingerprint density at radius 3 is 2.51 bits per heavy atom. The van der Waals surface area contributed by atoms with Crippen LogP contribution in [-0.4, -0.2) is 46.4 Å². The number of ketones is 1. The fourth-order valence-corrected chi connectivity index (χ4v) is 4.84. The van der Waals surface area contributed by atoms with Gasteiger partial charge in [0.1, 0.15) is 17.9 Å². The number of nitrogens with one attached hydrogen (secondary N) is 3. The minimum absolute atomic E-state index is 0.154. The van der Waals surface area contributed by atoms with E-state index in [1.807, 2.05) is 37.3 Å². The van der Waals surface area contributed by atoms with Gasteiger partial charge in [-0.1, -0.05) is 25.1 Å². The number of benzene rings is 2. The first kappa shape index (κ1) is 26.2. The van der Waals surface area contributed by atoms with Crippen molar-refractivity contribution in [3.05, 3.63) is 71.4 Å². The molecule has 2 aromatic carbocycles. The van der Waals surface area contributed by atoms with E-state index in [1.165, 1.54) is 0 Å². The van der Waals surface area contributed by atoms with Gasteiger partial charge in [0, 0.05) is 34.5 Å². The molecule has 4 rings (SSSR count). The molecule has 2 amide bonds. The molecule has 1 aliphatic rings. The number of hydrogen-bond acceptors (Lipinski definition) is 7. The van der Waals surface area contributed by atoms with Gasteiger partial charge in [0.25, 0.3) is 5.91 Å². The number of hydroxylamine groups is 1. The van der Waals surface area contributed by atoms with Crippen molar-refractivity contribution in [1.29, 1.82) is 0 Å². The second-order valence-corrected chi connectivity index (χ2v) is 9.54. The molecule has 2 heterocycles. The van der Waals surface area contributed by atoms with Crippen LogP contribution in [0.1, 0.15) is 47.8 Å². The Bertz CT molecular complexity index is 1290. The summed E-state index contributed by atoms with van der Waals surface area (Å²) >= 11 is 0. The van der Waals surface area contributed by atoms with Gasteiger partial charge in [-0.05, 0) is 69.3 Å². The Hall–Kier alpha value is -3.82. The number of pyridine rings is 1. The Morgan fingerprint density at radius 1 is 1.11 bits per heavy atom. The number of rotatable bonds is 9. The normalized spacial score (nSPS) is 15.5. The van der Waals surface area contributed by atoms with Gasteiger partial charge in [-0.3, -0.25) is 24.6 Å². The third-order valence-electron chi connectivity index (χ3n) is 6.79. The van der Waals surface area contributed by atoms with Crippen LogP contribution < -0.4 is 20.9 Å². The molecular weight excluding hydrogens is 472 g/mol. The number of carbonyl (C=O) groups is 3. The third-order valence-corrected chi connectivity index (χ3v) is 6.79. The molecule has 0 spiro atoms. The molecule has 9 nitrogen and oxygen atoms in total. The summed E-state index contributed by atoms with van der Waals surface area (Å²) in [6.07, 6.45) is 0.686. The predicted molar refractivity (Wildman–Crippen MR) is 138 cm³/mol. The van der Waals surface area contributed by atoms with Crippen molar-refractivity contribution in [3.63, 3.8) is 0 Å². The summed E-state index contributed by atoms with van der Waals surface area (Å²) < 4.78 is 6.00. The summed E-state index contributed by atoms with van der Waals surface area (Å²) in [5, 5.41) is 16.0. The Labute approximate surface area is 215 Å². The summed E-state index contributed by atoms with van der Waals surface area (Å²) in [7, 11) is 0. The first-order valence-electron chi connectivity index (χ1n) is 12.4. The quantitative estimate of drug-likeness (QED) is 0.260. The van der Waals surface area contributed by atoms with E-state index in [9.17, 15) is 14.4 Å². The van der Waals surface area contributed by atoms with E-state index in [4.69, 9.17) is 9.94 Å². The molecular formula is C28H32N4O5. The molecule has 9 heteroatoms. The van der Waals surface area contributed by atoms with Crippen LogP contribution in [0.25, 0.3) is 10.9 Å². The maximum absolute atomic E-state index is 13.3. The number of nitrogens with zero attached hydrogens (tertiary/aromatic N) is 1. The predicted octanol–water partition coefficient (Wildman–Crippen LogP) is 3.07. The number of fused-ring (bicyclic) bond motifs is 1. The molecule has 1 unspecified atom stereocenters. The molecule has 37 heavy (non-hydrogen) atoms. The third kappa shape index (κ3) is 6.12. The Balaban J connectivity index is 1.44. The zero-order chi connectivity index (χ0) is 26.4. The van der Waals surface area contributed by atoms with Crippen LogP contribution in [0.3, 0.4) is 0 Å². The van der Waals surface area contributed by atoms with Gasteiger partial charge >= 0.3 is 0 Å². The van der Waals surface area contributed by atoms with Crippen molar-refractivity contribution in [2.45, 2.75) is 45.3 Å². The fourth-order valence-electron chi connectivity index (χ4n) is 4.84. The van der Waals surface area contributed by atoms with Crippen LogP contribution in [0.4, 0.5) is 0 Å². The van der Waals surface area contributed by atoms with Crippen LogP contribution in [0.5, 0.6) is 5.75 Å². The van der Waals surface area contributed by atoms with Gasteiger partial charge in [-0.15, -0.1) is 0 Å². The van der Waals surface area contributed by atoms with Crippen molar-refractivity contribution in [3.8, 4) is 5.75 Å². The molecule has 1 aromatic heterocycles. The lowest BCUT2D eigenvalue weighted by molar-refractivity contribution is -0.136. The molecule has 0 bridgehead atoms. The summed E-state index contributed by atoms with van der Waals surface area (Å²) in [5.74, 6) is -1.26. The highest BCUT2D eigenvalue weighted by atomic mass is 16.5. The number of amides is 2. The molecule has 3 aromatic rings. The van der Waals surface area contributed by atoms with Crippen LogP contribution in [0.2, 0.25) is 0 Å². The number of hydrogen-bond donors (Lipinski definition) is 4. The number of ether oxygens (including phenoxy) is 1. The van der Waals surface area contributed by atoms with E-state index >= 15 is 0 Å². The number of Topliss-reactive ketones (excluding diaryl/α,β-unsaturated/α-hetero) is 1. The first-order chi connectivity index (χ1) is 17.8. The smallest absolute Gasteiger partial charge is 0.252 e. The lowest BCUT2D eigenvalue weighted by Crippen LogP contribution is -2.61. The van der Waals surface area contributed by atoms with Crippen LogP contribution >= 0.6 is 0 Å². The minimum Gasteiger partial charge on any atom is -0.489 e. The van der Waals surface area contributed by atoms with E-state index in [1.54, 1.807) is 36.7 Å². The topological polar surface area (TPSA) is 130 Å². The summed E-state index contributed by atoms with van der Waals surface area (Å²) in [5.41, 5.74) is 3.75. The van der Waals surface area contributed by atoms with Crippen molar-refractivity contribution in [2.24, 2.45) is 5.92 Å². The molecule has 1 saturated heterocycles. The molecule has 1 fully saturated rings. The van der Waals surface area contributed by atoms with Crippen molar-refractivity contribution >= 4 is 28.5 Å². The van der Waals surface area contributed by atoms with Gasteiger partial charge in [-0.2, -0.15) is 0 Å². The van der Waals surface area contributed by atoms with Crippen LogP contribution in [-0.2, 0) is 16.2 Å². The zero-order valence-corrected chi connectivity index (χ0v) is 21.0. The second-order valence-electron chi connectivity index (χ2n) is 9.54. The average Bonchev–Trinajstić information content (AvgIpc) is 2.91. The van der Waals surface area contributed by atoms with Crippen molar-refractivity contribution < 1.29 is 24.3 Å². The molecule has 4 N–H and O–H groups in total. The number of aromatic nitrogens is 1. The van der Waals surface area contributed by atoms with E-state index in [0.29, 0.717) is 43.9 Å². The molecule has 0 saturated carbocycles.